The molecule has 0 amide bonds. The summed E-state index contributed by atoms with van der Waals surface area (Å²) >= 11 is 5.68. The highest BCUT2D eigenvalue weighted by Crippen LogP contribution is 2.29. The van der Waals surface area contributed by atoms with Gasteiger partial charge in [0.25, 0.3) is 0 Å². The van der Waals surface area contributed by atoms with Crippen LogP contribution in [-0.4, -0.2) is 9.97 Å². The van der Waals surface area contributed by atoms with Crippen molar-refractivity contribution in [2.45, 2.75) is 19.3 Å². The molecule has 1 unspecified atom stereocenters. The van der Waals surface area contributed by atoms with Gasteiger partial charge < -0.3 is 0 Å². The van der Waals surface area contributed by atoms with Crippen molar-refractivity contribution in [3.8, 4) is 0 Å². The SMILES string of the molecule is CCC(c1ccccc1)c1ncnc(Cl)c1F. The summed E-state index contributed by atoms with van der Waals surface area (Å²) in [6, 6.07) is 9.71. The molecule has 0 fully saturated rings. The van der Waals surface area contributed by atoms with Crippen molar-refractivity contribution < 1.29 is 4.39 Å². The Hall–Kier alpha value is -1.48. The minimum absolute atomic E-state index is 0.0864. The van der Waals surface area contributed by atoms with Crippen LogP contribution in [0.3, 0.4) is 0 Å². The molecule has 1 atom stereocenters. The fraction of sp³-hybridized carbons (Fsp3) is 0.231. The van der Waals surface area contributed by atoms with Gasteiger partial charge in [0.15, 0.2) is 11.0 Å². The van der Waals surface area contributed by atoms with E-state index in [-0.39, 0.29) is 11.1 Å². The topological polar surface area (TPSA) is 25.8 Å². The van der Waals surface area contributed by atoms with E-state index in [2.05, 4.69) is 9.97 Å². The van der Waals surface area contributed by atoms with E-state index in [0.717, 1.165) is 12.0 Å². The van der Waals surface area contributed by atoms with Crippen molar-refractivity contribution in [2.75, 3.05) is 0 Å². The molecule has 0 saturated heterocycles. The molecular weight excluding hydrogens is 239 g/mol. The van der Waals surface area contributed by atoms with E-state index in [0.29, 0.717) is 5.69 Å². The normalized spacial score (nSPS) is 12.4. The second-order valence-electron chi connectivity index (χ2n) is 3.74. The van der Waals surface area contributed by atoms with E-state index in [1.165, 1.54) is 6.33 Å². The summed E-state index contributed by atoms with van der Waals surface area (Å²) in [5.41, 5.74) is 1.39. The average molecular weight is 251 g/mol. The Morgan fingerprint density at radius 1 is 1.24 bits per heavy atom. The van der Waals surface area contributed by atoms with Crippen LogP contribution in [0.15, 0.2) is 36.7 Å². The summed E-state index contributed by atoms with van der Waals surface area (Å²) in [7, 11) is 0. The molecule has 2 rings (SSSR count). The summed E-state index contributed by atoms with van der Waals surface area (Å²) in [6.45, 7) is 1.99. The van der Waals surface area contributed by atoms with Crippen molar-refractivity contribution in [1.82, 2.24) is 9.97 Å². The molecular formula is C13H12ClFN2. The summed E-state index contributed by atoms with van der Waals surface area (Å²) in [6.07, 6.45) is 2.06. The first-order valence-corrected chi connectivity index (χ1v) is 5.82. The third-order valence-corrected chi connectivity index (χ3v) is 2.98. The smallest absolute Gasteiger partial charge is 0.182 e. The number of hydrogen-bond acceptors (Lipinski definition) is 2. The lowest BCUT2D eigenvalue weighted by atomic mass is 9.93. The molecule has 1 heterocycles. The first-order valence-electron chi connectivity index (χ1n) is 5.44. The molecule has 0 aliphatic heterocycles. The first-order chi connectivity index (χ1) is 8.24. The van der Waals surface area contributed by atoms with E-state index in [4.69, 9.17) is 11.6 Å². The molecule has 0 aliphatic carbocycles. The molecule has 17 heavy (non-hydrogen) atoms. The van der Waals surface area contributed by atoms with Gasteiger partial charge in [-0.25, -0.2) is 14.4 Å². The number of benzene rings is 1. The van der Waals surface area contributed by atoms with Crippen LogP contribution >= 0.6 is 11.6 Å². The Balaban J connectivity index is 2.46. The van der Waals surface area contributed by atoms with Gasteiger partial charge in [0.2, 0.25) is 0 Å². The highest BCUT2D eigenvalue weighted by molar-refractivity contribution is 6.29. The fourth-order valence-electron chi connectivity index (χ4n) is 1.88. The summed E-state index contributed by atoms with van der Waals surface area (Å²) < 4.78 is 13.9. The molecule has 0 aliphatic rings. The van der Waals surface area contributed by atoms with E-state index in [1.54, 1.807) is 0 Å². The summed E-state index contributed by atoms with van der Waals surface area (Å²) in [5.74, 6) is -0.610. The molecule has 88 valence electrons. The van der Waals surface area contributed by atoms with Crippen LogP contribution in [0.4, 0.5) is 4.39 Å². The van der Waals surface area contributed by atoms with Crippen LogP contribution in [0.5, 0.6) is 0 Å². The van der Waals surface area contributed by atoms with Crippen molar-refractivity contribution in [3.63, 3.8) is 0 Å². The molecule has 0 spiro atoms. The number of hydrogen-bond donors (Lipinski definition) is 0. The Morgan fingerprint density at radius 2 is 1.94 bits per heavy atom. The quantitative estimate of drug-likeness (QED) is 0.774. The zero-order valence-corrected chi connectivity index (χ0v) is 10.2. The fourth-order valence-corrected chi connectivity index (χ4v) is 2.02. The van der Waals surface area contributed by atoms with E-state index < -0.39 is 5.82 Å². The molecule has 0 bridgehead atoms. The molecule has 0 N–H and O–H groups in total. The Labute approximate surface area is 104 Å². The summed E-state index contributed by atoms with van der Waals surface area (Å²) in [4.78, 5) is 7.65. The van der Waals surface area contributed by atoms with Crippen LogP contribution in [0, 0.1) is 5.82 Å². The lowest BCUT2D eigenvalue weighted by Gasteiger charge is -2.15. The van der Waals surface area contributed by atoms with Crippen LogP contribution in [-0.2, 0) is 0 Å². The maximum atomic E-state index is 13.9. The first kappa shape index (κ1) is 12.0. The highest BCUT2D eigenvalue weighted by atomic mass is 35.5. The maximum Gasteiger partial charge on any atom is 0.182 e. The zero-order valence-electron chi connectivity index (χ0n) is 9.40. The minimum atomic E-state index is -0.523. The van der Waals surface area contributed by atoms with E-state index >= 15 is 0 Å². The van der Waals surface area contributed by atoms with Gasteiger partial charge in [0.1, 0.15) is 6.33 Å². The lowest BCUT2D eigenvalue weighted by Crippen LogP contribution is -2.06. The third kappa shape index (κ3) is 2.44. The predicted molar refractivity (Wildman–Crippen MR) is 65.6 cm³/mol. The van der Waals surface area contributed by atoms with Crippen molar-refractivity contribution in [3.05, 3.63) is 58.9 Å². The molecule has 2 nitrogen and oxygen atoms in total. The predicted octanol–water partition coefficient (Wildman–Crippen LogP) is 3.81. The minimum Gasteiger partial charge on any atom is -0.238 e. The van der Waals surface area contributed by atoms with Crippen LogP contribution in [0.25, 0.3) is 0 Å². The van der Waals surface area contributed by atoms with Crippen LogP contribution in [0.2, 0.25) is 5.15 Å². The van der Waals surface area contributed by atoms with Gasteiger partial charge >= 0.3 is 0 Å². The maximum absolute atomic E-state index is 13.9. The third-order valence-electron chi connectivity index (χ3n) is 2.71. The number of nitrogens with zero attached hydrogens (tertiary/aromatic N) is 2. The monoisotopic (exact) mass is 250 g/mol. The van der Waals surface area contributed by atoms with Gasteiger partial charge in [-0.3, -0.25) is 0 Å². The standard InChI is InChI=1S/C13H12ClFN2/c1-2-10(9-6-4-3-5-7-9)12-11(15)13(14)17-8-16-12/h3-8,10H,2H2,1H3. The van der Waals surface area contributed by atoms with Gasteiger partial charge in [0, 0.05) is 5.92 Å². The van der Waals surface area contributed by atoms with Gasteiger partial charge in [-0.15, -0.1) is 0 Å². The number of halogens is 2. The Kier molecular flexibility index (Phi) is 3.69. The second-order valence-corrected chi connectivity index (χ2v) is 4.09. The lowest BCUT2D eigenvalue weighted by molar-refractivity contribution is 0.570. The highest BCUT2D eigenvalue weighted by Gasteiger charge is 2.19. The molecule has 1 aromatic heterocycles. The van der Waals surface area contributed by atoms with Gasteiger partial charge in [-0.05, 0) is 12.0 Å². The molecule has 0 radical (unpaired) electrons. The molecule has 1 aromatic carbocycles. The number of rotatable bonds is 3. The largest absolute Gasteiger partial charge is 0.238 e. The van der Waals surface area contributed by atoms with Crippen molar-refractivity contribution in [1.29, 1.82) is 0 Å². The van der Waals surface area contributed by atoms with E-state index in [1.807, 2.05) is 37.3 Å². The van der Waals surface area contributed by atoms with Crippen molar-refractivity contribution >= 4 is 11.6 Å². The second kappa shape index (κ2) is 5.23. The molecule has 2 aromatic rings. The van der Waals surface area contributed by atoms with Crippen molar-refractivity contribution in [2.24, 2.45) is 0 Å². The van der Waals surface area contributed by atoms with Crippen LogP contribution in [0.1, 0.15) is 30.5 Å². The summed E-state index contributed by atoms with van der Waals surface area (Å²) in [5, 5.41) is -0.121. The zero-order chi connectivity index (χ0) is 12.3. The molecule has 0 saturated carbocycles. The molecule has 4 heteroatoms. The Bertz CT molecular complexity index is 502. The van der Waals surface area contributed by atoms with E-state index in [9.17, 15) is 4.39 Å². The van der Waals surface area contributed by atoms with Gasteiger partial charge in [-0.1, -0.05) is 48.9 Å². The number of aromatic nitrogens is 2. The Morgan fingerprint density at radius 3 is 2.59 bits per heavy atom. The van der Waals surface area contributed by atoms with Gasteiger partial charge in [0.05, 0.1) is 5.69 Å². The van der Waals surface area contributed by atoms with Crippen LogP contribution < -0.4 is 0 Å². The average Bonchev–Trinajstić information content (AvgIpc) is 2.37. The van der Waals surface area contributed by atoms with Gasteiger partial charge in [-0.2, -0.15) is 0 Å².